The number of nitrogens with zero attached hydrogens (tertiary/aromatic N) is 7. The number of nitrogens with one attached hydrogen (secondary N) is 1. The summed E-state index contributed by atoms with van der Waals surface area (Å²) in [6.07, 6.45) is 4.80. The van der Waals surface area contributed by atoms with Gasteiger partial charge in [-0.25, -0.2) is 24.3 Å². The molecule has 2 aliphatic heterocycles. The molecule has 15 nitrogen and oxygen atoms in total. The van der Waals surface area contributed by atoms with Crippen molar-refractivity contribution in [2.75, 3.05) is 32.5 Å². The molecule has 0 bridgehead atoms. The Bertz CT molecular complexity index is 2850. The van der Waals surface area contributed by atoms with Crippen LogP contribution < -0.4 is 11.1 Å². The quantitative estimate of drug-likeness (QED) is 0.188. The van der Waals surface area contributed by atoms with E-state index in [4.69, 9.17) is 5.73 Å². The van der Waals surface area contributed by atoms with E-state index < -0.39 is 40.6 Å². The molecule has 0 aliphatic carbocycles. The number of primary amides is 1. The molecule has 8 rings (SSSR count). The predicted molar refractivity (Wildman–Crippen MR) is 206 cm³/mol. The molecule has 6 heterocycles. The summed E-state index contributed by atoms with van der Waals surface area (Å²) in [5, 5.41) is 24.6. The molecule has 4 aromatic heterocycles. The van der Waals surface area contributed by atoms with E-state index >= 15 is 4.39 Å². The highest BCUT2D eigenvalue weighted by Crippen LogP contribution is 2.35. The maximum absolute atomic E-state index is 15.0. The lowest BCUT2D eigenvalue weighted by atomic mass is 10.0. The van der Waals surface area contributed by atoms with Crippen LogP contribution >= 0.6 is 11.3 Å². The molecule has 0 radical (unpaired) electrons. The number of benzene rings is 2. The van der Waals surface area contributed by atoms with E-state index in [1.54, 1.807) is 49.0 Å². The van der Waals surface area contributed by atoms with Crippen LogP contribution in [0.4, 0.5) is 9.52 Å². The number of amides is 4. The standard InChI is InChI=1S/C40H30FN9O6S/c1-48-13-10-39(55,36(48)53)8-6-22-16-24(20-25(41)17-22)31-34-43-12-15-50(34)21-29(45-31)35(52)47-38-46-32-26(27-4-3-5-28(44-27)33(42)51)18-23(19-30(32)57-38)7-9-40(56)11-14-49(2)37(40)54/h3-5,12,15-21,55-56H,10-11,13-14H2,1-2H3,(H2,42,51)(H,46,47,52)/t39-,40-/m0/s1. The Morgan fingerprint density at radius 1 is 0.912 bits per heavy atom. The summed E-state index contributed by atoms with van der Waals surface area (Å²) < 4.78 is 17.2. The number of aliphatic hydroxyl groups is 2. The number of thiazole rings is 1. The molecule has 2 fully saturated rings. The van der Waals surface area contributed by atoms with Gasteiger partial charge in [0.2, 0.25) is 11.2 Å². The molecular weight excluding hydrogens is 754 g/mol. The largest absolute Gasteiger partial charge is 0.369 e. The van der Waals surface area contributed by atoms with Crippen LogP contribution in [-0.2, 0) is 9.59 Å². The van der Waals surface area contributed by atoms with Gasteiger partial charge >= 0.3 is 0 Å². The molecule has 284 valence electrons. The van der Waals surface area contributed by atoms with Gasteiger partial charge in [0.25, 0.3) is 23.6 Å². The summed E-state index contributed by atoms with van der Waals surface area (Å²) >= 11 is 1.11. The smallest absolute Gasteiger partial charge is 0.277 e. The molecule has 6 aromatic rings. The van der Waals surface area contributed by atoms with Crippen LogP contribution in [-0.4, -0.2) is 106 Å². The van der Waals surface area contributed by atoms with Gasteiger partial charge in [0, 0.05) is 80.9 Å². The van der Waals surface area contributed by atoms with Gasteiger partial charge in [0.05, 0.1) is 15.9 Å². The molecule has 2 aromatic carbocycles. The minimum absolute atomic E-state index is 0.0121. The first kappa shape index (κ1) is 36.9. The van der Waals surface area contributed by atoms with Gasteiger partial charge in [0.15, 0.2) is 10.8 Å². The highest BCUT2D eigenvalue weighted by Gasteiger charge is 2.43. The zero-order valence-electron chi connectivity index (χ0n) is 30.2. The van der Waals surface area contributed by atoms with Gasteiger partial charge in [0.1, 0.15) is 22.9 Å². The van der Waals surface area contributed by atoms with E-state index in [-0.39, 0.29) is 46.2 Å². The molecule has 4 amide bonds. The highest BCUT2D eigenvalue weighted by atomic mass is 32.1. The van der Waals surface area contributed by atoms with Gasteiger partial charge in [-0.3, -0.25) is 24.5 Å². The van der Waals surface area contributed by atoms with E-state index in [9.17, 15) is 29.4 Å². The topological polar surface area (TPSA) is 209 Å². The molecule has 0 saturated carbocycles. The van der Waals surface area contributed by atoms with Crippen molar-refractivity contribution in [2.24, 2.45) is 5.73 Å². The van der Waals surface area contributed by atoms with E-state index in [1.807, 2.05) is 0 Å². The number of likely N-dealkylation sites (tertiary alicyclic amines) is 2. The van der Waals surface area contributed by atoms with E-state index in [0.29, 0.717) is 45.8 Å². The lowest BCUT2D eigenvalue weighted by Gasteiger charge is -2.13. The number of likely N-dealkylation sites (N-methyl/N-ethyl adjacent to an activating group) is 2. The summed E-state index contributed by atoms with van der Waals surface area (Å²) in [4.78, 5) is 71.6. The van der Waals surface area contributed by atoms with E-state index in [0.717, 1.165) is 17.4 Å². The Balaban J connectivity index is 1.15. The lowest BCUT2D eigenvalue weighted by molar-refractivity contribution is -0.138. The van der Waals surface area contributed by atoms with Crippen molar-refractivity contribution in [3.8, 4) is 46.2 Å². The van der Waals surface area contributed by atoms with Gasteiger partial charge in [-0.1, -0.05) is 41.1 Å². The molecule has 2 aliphatic rings. The normalized spacial score (nSPS) is 19.1. The maximum Gasteiger partial charge on any atom is 0.277 e. The molecule has 5 N–H and O–H groups in total. The fraction of sp³-hybridized carbons (Fsp3) is 0.200. The Kier molecular flexibility index (Phi) is 9.01. The van der Waals surface area contributed by atoms with Crippen LogP contribution in [0.15, 0.2) is 67.1 Å². The summed E-state index contributed by atoms with van der Waals surface area (Å²) in [6, 6.07) is 12.0. The van der Waals surface area contributed by atoms with Gasteiger partial charge in [-0.05, 0) is 42.5 Å². The molecule has 2 saturated heterocycles. The molecule has 57 heavy (non-hydrogen) atoms. The number of anilines is 1. The third kappa shape index (κ3) is 6.91. The van der Waals surface area contributed by atoms with Gasteiger partial charge in [-0.15, -0.1) is 0 Å². The summed E-state index contributed by atoms with van der Waals surface area (Å²) in [5.41, 5.74) is 4.22. The molecule has 17 heteroatoms. The number of pyridine rings is 1. The minimum Gasteiger partial charge on any atom is -0.369 e. The fourth-order valence-electron chi connectivity index (χ4n) is 6.56. The second kappa shape index (κ2) is 13.9. The van der Waals surface area contributed by atoms with Gasteiger partial charge < -0.3 is 30.1 Å². The number of nitrogens with two attached hydrogens (primary N) is 1. The third-order valence-electron chi connectivity index (χ3n) is 9.62. The number of rotatable bonds is 5. The first-order valence-electron chi connectivity index (χ1n) is 17.4. The molecular formula is C40H30FN9O6S. The SMILES string of the molecule is CN1CC[C@@](O)(C#Cc2cc(F)cc(-c3nc(C(=O)Nc4nc5c(-c6cccc(C(N)=O)n6)cc(C#C[C@]6(O)CCN(C)C6=O)cc5s4)cn4ccnc34)c2)C1=O. The van der Waals surface area contributed by atoms with Crippen LogP contribution in [0, 0.1) is 29.5 Å². The third-order valence-corrected chi connectivity index (χ3v) is 10.5. The number of carbonyl (C=O) groups is 4. The Labute approximate surface area is 327 Å². The van der Waals surface area contributed by atoms with Crippen molar-refractivity contribution in [2.45, 2.75) is 24.0 Å². The number of imidazole rings is 1. The monoisotopic (exact) mass is 783 g/mol. The minimum atomic E-state index is -1.89. The number of aromatic nitrogens is 5. The summed E-state index contributed by atoms with van der Waals surface area (Å²) in [7, 11) is 3.15. The van der Waals surface area contributed by atoms with Crippen LogP contribution in [0.2, 0.25) is 0 Å². The van der Waals surface area contributed by atoms with Crippen molar-refractivity contribution in [1.29, 1.82) is 0 Å². The first-order chi connectivity index (χ1) is 27.2. The highest BCUT2D eigenvalue weighted by molar-refractivity contribution is 7.22. The zero-order chi connectivity index (χ0) is 40.2. The predicted octanol–water partition coefficient (Wildman–Crippen LogP) is 2.45. The number of halogens is 1. The Morgan fingerprint density at radius 3 is 2.25 bits per heavy atom. The second-order valence-corrected chi connectivity index (χ2v) is 14.7. The van der Waals surface area contributed by atoms with Crippen molar-refractivity contribution in [3.05, 3.63) is 95.5 Å². The number of hydrogen-bond donors (Lipinski definition) is 4. The molecule has 0 spiro atoms. The van der Waals surface area contributed by atoms with Crippen molar-refractivity contribution in [3.63, 3.8) is 0 Å². The van der Waals surface area contributed by atoms with E-state index in [2.05, 4.69) is 48.9 Å². The van der Waals surface area contributed by atoms with Crippen LogP contribution in [0.1, 0.15) is 44.9 Å². The summed E-state index contributed by atoms with van der Waals surface area (Å²) in [5.74, 6) is 7.82. The summed E-state index contributed by atoms with van der Waals surface area (Å²) in [6.45, 7) is 0.683. The van der Waals surface area contributed by atoms with E-state index in [1.165, 1.54) is 40.4 Å². The number of carbonyl (C=O) groups excluding carboxylic acids is 4. The van der Waals surface area contributed by atoms with Gasteiger partial charge in [-0.2, -0.15) is 0 Å². The average molecular weight is 784 g/mol. The fourth-order valence-corrected chi connectivity index (χ4v) is 7.48. The number of hydrogen-bond acceptors (Lipinski definition) is 11. The number of fused-ring (bicyclic) bond motifs is 2. The zero-order valence-corrected chi connectivity index (χ0v) is 31.0. The van der Waals surface area contributed by atoms with Crippen molar-refractivity contribution < 1.29 is 33.8 Å². The Morgan fingerprint density at radius 2 is 1.60 bits per heavy atom. The first-order valence-corrected chi connectivity index (χ1v) is 18.2. The van der Waals surface area contributed by atoms with Crippen molar-refractivity contribution in [1.82, 2.24) is 34.1 Å². The molecule has 2 atom stereocenters. The van der Waals surface area contributed by atoms with Crippen LogP contribution in [0.25, 0.3) is 38.4 Å². The lowest BCUT2D eigenvalue weighted by Crippen LogP contribution is -2.37. The Hall–Kier alpha value is -7.05. The second-order valence-electron chi connectivity index (χ2n) is 13.7. The molecule has 0 unspecified atom stereocenters. The van der Waals surface area contributed by atoms with Crippen LogP contribution in [0.5, 0.6) is 0 Å². The maximum atomic E-state index is 15.0. The average Bonchev–Trinajstić information content (AvgIpc) is 3.96. The van der Waals surface area contributed by atoms with Crippen LogP contribution in [0.3, 0.4) is 0 Å². The van der Waals surface area contributed by atoms with Crippen molar-refractivity contribution >= 4 is 56.0 Å².